The minimum Gasteiger partial charge on any atom is -0.481 e. The van der Waals surface area contributed by atoms with Crippen molar-refractivity contribution in [2.24, 2.45) is 5.92 Å². The molecule has 0 aliphatic carbocycles. The Labute approximate surface area is 101 Å². The molecule has 100 valence electrons. The minimum absolute atomic E-state index is 0.430. The maximum atomic E-state index is 11.3. The highest BCUT2D eigenvalue weighted by Crippen LogP contribution is 1.97. The minimum atomic E-state index is -3.62. The summed E-state index contributed by atoms with van der Waals surface area (Å²) in [6, 6.07) is 0. The van der Waals surface area contributed by atoms with Crippen molar-refractivity contribution in [3.8, 4) is 0 Å². The van der Waals surface area contributed by atoms with Crippen molar-refractivity contribution < 1.29 is 23.1 Å². The number of carboxylic acid groups (broad SMARTS) is 1. The van der Waals surface area contributed by atoms with Crippen LogP contribution >= 0.6 is 0 Å². The van der Waals surface area contributed by atoms with Gasteiger partial charge in [0.25, 0.3) is 0 Å². The van der Waals surface area contributed by atoms with E-state index in [0.29, 0.717) is 12.5 Å². The third-order valence-corrected chi connectivity index (χ3v) is 3.55. The van der Waals surface area contributed by atoms with E-state index >= 15 is 0 Å². The van der Waals surface area contributed by atoms with Crippen LogP contribution in [0.1, 0.15) is 26.7 Å². The van der Waals surface area contributed by atoms with Crippen LogP contribution in [-0.4, -0.2) is 43.5 Å². The Morgan fingerprint density at radius 1 is 1.29 bits per heavy atom. The molecule has 0 unspecified atom stereocenters. The summed E-state index contributed by atoms with van der Waals surface area (Å²) in [5.74, 6) is -2.47. The molecule has 0 bridgehead atoms. The average molecular weight is 265 g/mol. The molecule has 0 saturated heterocycles. The SMILES string of the molecule is CC(C)CCNC(=O)CS(=O)(=O)CCC(=O)O. The number of rotatable bonds is 8. The lowest BCUT2D eigenvalue weighted by atomic mass is 10.1. The molecule has 0 rings (SSSR count). The number of carbonyl (C=O) groups excluding carboxylic acids is 1. The van der Waals surface area contributed by atoms with E-state index in [1.165, 1.54) is 0 Å². The van der Waals surface area contributed by atoms with Crippen LogP contribution in [0.5, 0.6) is 0 Å². The monoisotopic (exact) mass is 265 g/mol. The second-order valence-electron chi connectivity index (χ2n) is 4.27. The lowest BCUT2D eigenvalue weighted by Crippen LogP contribution is -2.32. The Morgan fingerprint density at radius 2 is 1.88 bits per heavy atom. The molecule has 17 heavy (non-hydrogen) atoms. The first-order chi connectivity index (χ1) is 7.73. The van der Waals surface area contributed by atoms with Gasteiger partial charge in [0.2, 0.25) is 5.91 Å². The molecule has 6 nitrogen and oxygen atoms in total. The van der Waals surface area contributed by atoms with Crippen LogP contribution in [0.25, 0.3) is 0 Å². The third-order valence-electron chi connectivity index (χ3n) is 2.02. The number of hydrogen-bond acceptors (Lipinski definition) is 4. The molecule has 0 aromatic heterocycles. The van der Waals surface area contributed by atoms with Crippen LogP contribution in [0.3, 0.4) is 0 Å². The first-order valence-electron chi connectivity index (χ1n) is 5.42. The van der Waals surface area contributed by atoms with Gasteiger partial charge in [0.1, 0.15) is 5.75 Å². The number of carbonyl (C=O) groups is 2. The van der Waals surface area contributed by atoms with Crippen molar-refractivity contribution in [1.29, 1.82) is 0 Å². The Bertz CT molecular complexity index is 361. The van der Waals surface area contributed by atoms with Crippen LogP contribution < -0.4 is 5.32 Å². The maximum Gasteiger partial charge on any atom is 0.304 e. The summed E-state index contributed by atoms with van der Waals surface area (Å²) < 4.78 is 22.6. The smallest absolute Gasteiger partial charge is 0.304 e. The van der Waals surface area contributed by atoms with Crippen molar-refractivity contribution in [1.82, 2.24) is 5.32 Å². The lowest BCUT2D eigenvalue weighted by molar-refractivity contribution is -0.136. The summed E-state index contributed by atoms with van der Waals surface area (Å²) in [6.07, 6.45) is 0.308. The highest BCUT2D eigenvalue weighted by atomic mass is 32.2. The van der Waals surface area contributed by atoms with E-state index in [1.54, 1.807) is 0 Å². The number of carboxylic acids is 1. The molecule has 2 N–H and O–H groups in total. The van der Waals surface area contributed by atoms with Gasteiger partial charge in [-0.15, -0.1) is 0 Å². The Kier molecular flexibility index (Phi) is 6.79. The van der Waals surface area contributed by atoms with Crippen LogP contribution in [0.4, 0.5) is 0 Å². The first-order valence-corrected chi connectivity index (χ1v) is 7.24. The number of hydrogen-bond donors (Lipinski definition) is 2. The van der Waals surface area contributed by atoms with E-state index in [2.05, 4.69) is 5.32 Å². The van der Waals surface area contributed by atoms with Gasteiger partial charge in [-0.2, -0.15) is 0 Å². The molecule has 0 fully saturated rings. The van der Waals surface area contributed by atoms with E-state index in [9.17, 15) is 18.0 Å². The predicted molar refractivity (Wildman–Crippen MR) is 63.4 cm³/mol. The molecule has 0 radical (unpaired) electrons. The van der Waals surface area contributed by atoms with E-state index < -0.39 is 39.6 Å². The van der Waals surface area contributed by atoms with Crippen LogP contribution in [0.15, 0.2) is 0 Å². The summed E-state index contributed by atoms with van der Waals surface area (Å²) >= 11 is 0. The van der Waals surface area contributed by atoms with E-state index in [4.69, 9.17) is 5.11 Å². The summed E-state index contributed by atoms with van der Waals surface area (Å²) in [5.41, 5.74) is 0. The van der Waals surface area contributed by atoms with Crippen molar-refractivity contribution in [3.63, 3.8) is 0 Å². The summed E-state index contributed by atoms with van der Waals surface area (Å²) in [7, 11) is -3.62. The first kappa shape index (κ1) is 15.9. The Hall–Kier alpha value is -1.11. The van der Waals surface area contributed by atoms with Gasteiger partial charge in [-0.3, -0.25) is 9.59 Å². The topological polar surface area (TPSA) is 101 Å². The van der Waals surface area contributed by atoms with Gasteiger partial charge in [0, 0.05) is 6.54 Å². The van der Waals surface area contributed by atoms with E-state index in [-0.39, 0.29) is 0 Å². The number of sulfone groups is 1. The highest BCUT2D eigenvalue weighted by molar-refractivity contribution is 7.92. The van der Waals surface area contributed by atoms with Gasteiger partial charge in [0.05, 0.1) is 12.2 Å². The zero-order valence-electron chi connectivity index (χ0n) is 10.1. The molecule has 0 spiro atoms. The van der Waals surface area contributed by atoms with E-state index in [1.807, 2.05) is 13.8 Å². The van der Waals surface area contributed by atoms with Gasteiger partial charge >= 0.3 is 5.97 Å². The van der Waals surface area contributed by atoms with Gasteiger partial charge in [-0.25, -0.2) is 8.42 Å². The standard InChI is InChI=1S/C10H19NO5S/c1-8(2)3-5-11-9(12)7-17(15,16)6-4-10(13)14/h8H,3-7H2,1-2H3,(H,11,12)(H,13,14). The van der Waals surface area contributed by atoms with E-state index in [0.717, 1.165) is 6.42 Å². The molecule has 0 heterocycles. The molecular weight excluding hydrogens is 246 g/mol. The summed E-state index contributed by atoms with van der Waals surface area (Å²) in [4.78, 5) is 21.5. The molecule has 7 heteroatoms. The average Bonchev–Trinajstić information content (AvgIpc) is 2.13. The fourth-order valence-electron chi connectivity index (χ4n) is 1.07. The number of amides is 1. The second-order valence-corrected chi connectivity index (χ2v) is 6.45. The van der Waals surface area contributed by atoms with Crippen molar-refractivity contribution in [2.45, 2.75) is 26.7 Å². The summed E-state index contributed by atoms with van der Waals surface area (Å²) in [6.45, 7) is 4.43. The van der Waals surface area contributed by atoms with Gasteiger partial charge in [0.15, 0.2) is 9.84 Å². The predicted octanol–water partition coefficient (Wildman–Crippen LogP) is 0.0382. The number of nitrogens with one attached hydrogen (secondary N) is 1. The molecule has 0 aromatic carbocycles. The van der Waals surface area contributed by atoms with Crippen molar-refractivity contribution in [2.75, 3.05) is 18.1 Å². The molecular formula is C10H19NO5S. The quantitative estimate of drug-likeness (QED) is 0.645. The second kappa shape index (κ2) is 7.26. The highest BCUT2D eigenvalue weighted by Gasteiger charge is 2.17. The van der Waals surface area contributed by atoms with Crippen LogP contribution in [-0.2, 0) is 19.4 Å². The molecule has 0 aliphatic heterocycles. The van der Waals surface area contributed by atoms with Gasteiger partial charge < -0.3 is 10.4 Å². The Balaban J connectivity index is 3.97. The fraction of sp³-hybridized carbons (Fsp3) is 0.800. The van der Waals surface area contributed by atoms with Gasteiger partial charge in [-0.05, 0) is 12.3 Å². The lowest BCUT2D eigenvalue weighted by Gasteiger charge is -2.07. The number of aliphatic carboxylic acids is 1. The molecule has 0 aliphatic rings. The summed E-state index contributed by atoms with van der Waals surface area (Å²) in [5, 5.41) is 10.8. The van der Waals surface area contributed by atoms with Crippen LogP contribution in [0, 0.1) is 5.92 Å². The van der Waals surface area contributed by atoms with Crippen LogP contribution in [0.2, 0.25) is 0 Å². The van der Waals surface area contributed by atoms with Crippen molar-refractivity contribution in [3.05, 3.63) is 0 Å². The molecule has 1 amide bonds. The maximum absolute atomic E-state index is 11.3. The molecule has 0 aromatic rings. The molecule has 0 saturated carbocycles. The molecule has 0 atom stereocenters. The zero-order valence-corrected chi connectivity index (χ0v) is 10.9. The van der Waals surface area contributed by atoms with Crippen molar-refractivity contribution >= 4 is 21.7 Å². The zero-order chi connectivity index (χ0) is 13.5. The van der Waals surface area contributed by atoms with Gasteiger partial charge in [-0.1, -0.05) is 13.8 Å². The Morgan fingerprint density at radius 3 is 2.35 bits per heavy atom. The third kappa shape index (κ3) is 9.80. The normalized spacial score (nSPS) is 11.5. The largest absolute Gasteiger partial charge is 0.481 e. The fourth-order valence-corrected chi connectivity index (χ4v) is 2.20.